The van der Waals surface area contributed by atoms with Crippen LogP contribution in [0, 0.1) is 6.92 Å². The second-order valence-corrected chi connectivity index (χ2v) is 10.8. The van der Waals surface area contributed by atoms with Gasteiger partial charge in [-0.15, -0.1) is 0 Å². The summed E-state index contributed by atoms with van der Waals surface area (Å²) in [7, 11) is 3.95. The van der Waals surface area contributed by atoms with Crippen molar-refractivity contribution in [2.24, 2.45) is 0 Å². The number of anilines is 2. The third-order valence-electron chi connectivity index (χ3n) is 8.52. The zero-order valence-corrected chi connectivity index (χ0v) is 22.5. The van der Waals surface area contributed by atoms with Crippen LogP contribution >= 0.6 is 0 Å². The van der Waals surface area contributed by atoms with E-state index in [0.29, 0.717) is 18.7 Å². The number of hydrogen-bond donors (Lipinski definition) is 0. The van der Waals surface area contributed by atoms with Crippen molar-refractivity contribution < 1.29 is 9.47 Å². The lowest BCUT2D eigenvalue weighted by atomic mass is 9.98. The van der Waals surface area contributed by atoms with E-state index in [1.165, 1.54) is 59.7 Å². The van der Waals surface area contributed by atoms with Crippen LogP contribution in [0.4, 0.5) is 11.5 Å². The van der Waals surface area contributed by atoms with Crippen molar-refractivity contribution in [3.63, 3.8) is 0 Å². The first-order valence-corrected chi connectivity index (χ1v) is 13.9. The SMILES string of the molecule is COc1cc2ccccc2c(N2CCc3c(nc(OC[C@@H]4CCCN4C)nc3N3CCCCC3)C2)c1C. The number of ether oxygens (including phenoxy) is 2. The molecule has 37 heavy (non-hydrogen) atoms. The minimum absolute atomic E-state index is 0.445. The highest BCUT2D eigenvalue weighted by atomic mass is 16.5. The lowest BCUT2D eigenvalue weighted by molar-refractivity contribution is 0.187. The number of benzene rings is 2. The number of fused-ring (bicyclic) bond motifs is 2. The minimum atomic E-state index is 0.445. The largest absolute Gasteiger partial charge is 0.496 e. The van der Waals surface area contributed by atoms with Crippen LogP contribution in [0.3, 0.4) is 0 Å². The molecule has 3 aromatic rings. The maximum absolute atomic E-state index is 6.30. The molecule has 0 radical (unpaired) electrons. The van der Waals surface area contributed by atoms with Crippen LogP contribution in [-0.2, 0) is 13.0 Å². The van der Waals surface area contributed by atoms with Crippen molar-refractivity contribution in [1.82, 2.24) is 14.9 Å². The van der Waals surface area contributed by atoms with Gasteiger partial charge in [0.25, 0.3) is 0 Å². The first kappa shape index (κ1) is 24.3. The van der Waals surface area contributed by atoms with Crippen molar-refractivity contribution >= 4 is 22.3 Å². The molecule has 0 bridgehead atoms. The van der Waals surface area contributed by atoms with Gasteiger partial charge in [0, 0.05) is 42.2 Å². The molecule has 1 aromatic heterocycles. The predicted molar refractivity (Wildman–Crippen MR) is 149 cm³/mol. The zero-order valence-electron chi connectivity index (χ0n) is 22.5. The lowest BCUT2D eigenvalue weighted by Crippen LogP contribution is -2.37. The Balaban J connectivity index is 1.36. The van der Waals surface area contributed by atoms with E-state index in [4.69, 9.17) is 19.4 Å². The molecule has 196 valence electrons. The Morgan fingerprint density at radius 2 is 1.81 bits per heavy atom. The van der Waals surface area contributed by atoms with Crippen LogP contribution in [0.1, 0.15) is 48.9 Å². The van der Waals surface area contributed by atoms with Gasteiger partial charge in [0.05, 0.1) is 25.0 Å². The van der Waals surface area contributed by atoms with Gasteiger partial charge in [0.2, 0.25) is 0 Å². The van der Waals surface area contributed by atoms with Crippen LogP contribution in [0.5, 0.6) is 11.8 Å². The number of nitrogens with zero attached hydrogens (tertiary/aromatic N) is 5. The van der Waals surface area contributed by atoms with Crippen LogP contribution in [0.2, 0.25) is 0 Å². The molecule has 1 atom stereocenters. The highest BCUT2D eigenvalue weighted by Crippen LogP contribution is 2.40. The average Bonchev–Trinajstić information content (AvgIpc) is 3.35. The maximum atomic E-state index is 6.30. The Hall–Kier alpha value is -3.06. The van der Waals surface area contributed by atoms with Gasteiger partial charge in [-0.25, -0.2) is 0 Å². The van der Waals surface area contributed by atoms with Crippen molar-refractivity contribution in [3.05, 3.63) is 47.2 Å². The summed E-state index contributed by atoms with van der Waals surface area (Å²) < 4.78 is 12.1. The molecule has 2 fully saturated rings. The molecule has 0 saturated carbocycles. The number of aromatic nitrogens is 2. The van der Waals surface area contributed by atoms with E-state index in [1.54, 1.807) is 7.11 Å². The predicted octanol–water partition coefficient (Wildman–Crippen LogP) is 4.97. The molecule has 6 rings (SSSR count). The van der Waals surface area contributed by atoms with E-state index in [9.17, 15) is 0 Å². The topological polar surface area (TPSA) is 54.0 Å². The summed E-state index contributed by atoms with van der Waals surface area (Å²) in [5.74, 6) is 2.03. The van der Waals surface area contributed by atoms with Crippen LogP contribution in [0.15, 0.2) is 30.3 Å². The quantitative estimate of drug-likeness (QED) is 0.473. The number of methoxy groups -OCH3 is 1. The van der Waals surface area contributed by atoms with Crippen molar-refractivity contribution in [2.45, 2.75) is 58.0 Å². The van der Waals surface area contributed by atoms with E-state index in [1.807, 2.05) is 0 Å². The molecule has 4 heterocycles. The van der Waals surface area contributed by atoms with Crippen molar-refractivity contribution in [3.8, 4) is 11.8 Å². The van der Waals surface area contributed by atoms with Crippen molar-refractivity contribution in [1.29, 1.82) is 0 Å². The van der Waals surface area contributed by atoms with E-state index < -0.39 is 0 Å². The van der Waals surface area contributed by atoms with Crippen LogP contribution in [-0.4, -0.2) is 67.9 Å². The second kappa shape index (κ2) is 10.4. The highest BCUT2D eigenvalue weighted by Gasteiger charge is 2.29. The standard InChI is InChI=1S/C30H39N5O2/c1-21-27(36-3)18-22-10-5-6-12-24(22)28(21)35-17-13-25-26(19-35)31-30(37-20-23-11-9-14-33(23)2)32-29(25)34-15-7-4-8-16-34/h5-6,10,12,18,23H,4,7-9,11,13-17,19-20H2,1-3H3/t23-/m0/s1. The summed E-state index contributed by atoms with van der Waals surface area (Å²) in [6.07, 6.45) is 7.09. The Morgan fingerprint density at radius 3 is 2.59 bits per heavy atom. The number of likely N-dealkylation sites (tertiary alicyclic amines) is 1. The second-order valence-electron chi connectivity index (χ2n) is 10.8. The Kier molecular flexibility index (Phi) is 6.80. The third kappa shape index (κ3) is 4.70. The summed E-state index contributed by atoms with van der Waals surface area (Å²) in [6, 6.07) is 11.7. The Bertz CT molecular complexity index is 1270. The molecule has 0 unspecified atom stereocenters. The average molecular weight is 502 g/mol. The smallest absolute Gasteiger partial charge is 0.318 e. The molecule has 0 spiro atoms. The van der Waals surface area contributed by atoms with E-state index in [0.717, 1.165) is 56.4 Å². The molecule has 3 aliphatic rings. The molecular weight excluding hydrogens is 462 g/mol. The van der Waals surface area contributed by atoms with Gasteiger partial charge in [-0.3, -0.25) is 0 Å². The maximum Gasteiger partial charge on any atom is 0.318 e. The fourth-order valence-electron chi connectivity index (χ4n) is 6.40. The summed E-state index contributed by atoms with van der Waals surface area (Å²) >= 11 is 0. The van der Waals surface area contributed by atoms with Gasteiger partial charge >= 0.3 is 6.01 Å². The van der Waals surface area contributed by atoms with Crippen molar-refractivity contribution in [2.75, 3.05) is 56.7 Å². The third-order valence-corrected chi connectivity index (χ3v) is 8.52. The Labute approximate surface area is 220 Å². The highest BCUT2D eigenvalue weighted by molar-refractivity contribution is 5.97. The van der Waals surface area contributed by atoms with Gasteiger partial charge < -0.3 is 24.2 Å². The van der Waals surface area contributed by atoms with Crippen LogP contribution < -0.4 is 19.3 Å². The molecule has 2 aromatic carbocycles. The monoisotopic (exact) mass is 501 g/mol. The van der Waals surface area contributed by atoms with Gasteiger partial charge in [-0.1, -0.05) is 24.3 Å². The fraction of sp³-hybridized carbons (Fsp3) is 0.533. The molecule has 0 aliphatic carbocycles. The van der Waals surface area contributed by atoms with E-state index in [2.05, 4.69) is 59.0 Å². The number of rotatable bonds is 6. The van der Waals surface area contributed by atoms with Gasteiger partial charge in [0.15, 0.2) is 0 Å². The summed E-state index contributed by atoms with van der Waals surface area (Å²) in [4.78, 5) is 17.4. The fourth-order valence-corrected chi connectivity index (χ4v) is 6.40. The molecule has 0 amide bonds. The molecule has 3 aliphatic heterocycles. The van der Waals surface area contributed by atoms with Gasteiger partial charge in [-0.05, 0) is 70.5 Å². The zero-order chi connectivity index (χ0) is 25.4. The number of hydrogen-bond acceptors (Lipinski definition) is 7. The molecule has 0 N–H and O–H groups in total. The first-order chi connectivity index (χ1) is 18.1. The number of piperidine rings is 1. The molecular formula is C30H39N5O2. The molecule has 7 nitrogen and oxygen atoms in total. The molecule has 2 saturated heterocycles. The lowest BCUT2D eigenvalue weighted by Gasteiger charge is -2.36. The number of likely N-dealkylation sites (N-methyl/N-ethyl adjacent to an activating group) is 1. The Morgan fingerprint density at radius 1 is 0.973 bits per heavy atom. The normalized spacial score (nSPS) is 20.4. The summed E-state index contributed by atoms with van der Waals surface area (Å²) in [5.41, 5.74) is 4.82. The van der Waals surface area contributed by atoms with E-state index in [-0.39, 0.29) is 0 Å². The van der Waals surface area contributed by atoms with E-state index >= 15 is 0 Å². The molecule has 7 heteroatoms. The first-order valence-electron chi connectivity index (χ1n) is 13.9. The summed E-state index contributed by atoms with van der Waals surface area (Å²) in [6.45, 7) is 7.77. The van der Waals surface area contributed by atoms with Crippen LogP contribution in [0.25, 0.3) is 10.8 Å². The van der Waals surface area contributed by atoms with Gasteiger partial charge in [-0.2, -0.15) is 9.97 Å². The minimum Gasteiger partial charge on any atom is -0.496 e. The van der Waals surface area contributed by atoms with Gasteiger partial charge in [0.1, 0.15) is 18.2 Å². The summed E-state index contributed by atoms with van der Waals surface area (Å²) in [5, 5.41) is 2.46.